The maximum atomic E-state index is 12.2. The molecule has 1 aliphatic heterocycles. The molecule has 2 rings (SSSR count). The molecule has 1 aromatic carbocycles. The van der Waals surface area contributed by atoms with Gasteiger partial charge >= 0.3 is 0 Å². The van der Waals surface area contributed by atoms with Crippen molar-refractivity contribution in [1.29, 1.82) is 0 Å². The van der Waals surface area contributed by atoms with Crippen LogP contribution in [0.25, 0.3) is 0 Å². The fraction of sp³-hybridized carbons (Fsp3) is 0.471. The van der Waals surface area contributed by atoms with Crippen molar-refractivity contribution >= 4 is 5.91 Å². The quantitative estimate of drug-likeness (QED) is 0.876. The lowest BCUT2D eigenvalue weighted by molar-refractivity contribution is -0.118. The van der Waals surface area contributed by atoms with Crippen molar-refractivity contribution in [1.82, 2.24) is 5.32 Å². The highest BCUT2D eigenvalue weighted by Gasteiger charge is 2.17. The molecule has 4 nitrogen and oxygen atoms in total. The van der Waals surface area contributed by atoms with Crippen LogP contribution in [0.3, 0.4) is 0 Å². The van der Waals surface area contributed by atoms with Crippen LogP contribution in [0, 0.1) is 0 Å². The second-order valence-corrected chi connectivity index (χ2v) is 5.13. The number of carbonyl (C=O) groups is 1. The summed E-state index contributed by atoms with van der Waals surface area (Å²) in [5, 5.41) is 2.96. The standard InChI is InChI=1S/C17H23NO3/c1-3-20-12-15-7-4-6-14(10-15)11-18-17(19)16-8-5-9-21-13(16)2/h4,6-7,10H,3,5,8-9,11-12H2,1-2H3,(H,18,19). The van der Waals surface area contributed by atoms with Gasteiger partial charge in [-0.2, -0.15) is 0 Å². The van der Waals surface area contributed by atoms with Crippen molar-refractivity contribution in [3.63, 3.8) is 0 Å². The number of carbonyl (C=O) groups excluding carboxylic acids is 1. The van der Waals surface area contributed by atoms with Crippen LogP contribution in [0.1, 0.15) is 37.8 Å². The lowest BCUT2D eigenvalue weighted by Gasteiger charge is -2.18. The van der Waals surface area contributed by atoms with Gasteiger partial charge in [-0.3, -0.25) is 4.79 Å². The molecule has 114 valence electrons. The predicted octanol–water partition coefficient (Wildman–Crippen LogP) is 2.92. The minimum Gasteiger partial charge on any atom is -0.498 e. The third-order valence-electron chi connectivity index (χ3n) is 3.51. The summed E-state index contributed by atoms with van der Waals surface area (Å²) in [5.41, 5.74) is 2.97. The van der Waals surface area contributed by atoms with Gasteiger partial charge in [0, 0.05) is 13.2 Å². The molecule has 0 saturated heterocycles. The van der Waals surface area contributed by atoms with Gasteiger partial charge in [-0.25, -0.2) is 0 Å². The summed E-state index contributed by atoms with van der Waals surface area (Å²) in [7, 11) is 0. The maximum absolute atomic E-state index is 12.2. The summed E-state index contributed by atoms with van der Waals surface area (Å²) in [4.78, 5) is 12.2. The maximum Gasteiger partial charge on any atom is 0.250 e. The normalized spacial score (nSPS) is 14.8. The number of allylic oxidation sites excluding steroid dienone is 1. The third kappa shape index (κ3) is 4.60. The molecule has 0 aromatic heterocycles. The highest BCUT2D eigenvalue weighted by molar-refractivity contribution is 5.93. The van der Waals surface area contributed by atoms with Gasteiger partial charge in [-0.05, 0) is 37.8 Å². The number of rotatable bonds is 6. The highest BCUT2D eigenvalue weighted by atomic mass is 16.5. The van der Waals surface area contributed by atoms with Crippen LogP contribution < -0.4 is 5.32 Å². The van der Waals surface area contributed by atoms with E-state index in [-0.39, 0.29) is 5.91 Å². The zero-order valence-electron chi connectivity index (χ0n) is 12.8. The Kier molecular flexibility index (Phi) is 5.81. The number of ether oxygens (including phenoxy) is 2. The molecule has 1 heterocycles. The van der Waals surface area contributed by atoms with Crippen LogP contribution >= 0.6 is 0 Å². The van der Waals surface area contributed by atoms with Gasteiger partial charge in [0.1, 0.15) is 5.76 Å². The van der Waals surface area contributed by atoms with E-state index in [1.165, 1.54) is 0 Å². The number of hydrogen-bond acceptors (Lipinski definition) is 3. The molecule has 0 radical (unpaired) electrons. The van der Waals surface area contributed by atoms with Crippen LogP contribution in [-0.4, -0.2) is 19.1 Å². The zero-order chi connectivity index (χ0) is 15.1. The monoisotopic (exact) mass is 289 g/mol. The Bertz CT molecular complexity index is 523. The molecule has 0 bridgehead atoms. The van der Waals surface area contributed by atoms with Gasteiger partial charge in [-0.1, -0.05) is 24.3 Å². The van der Waals surface area contributed by atoms with Gasteiger partial charge in [0.15, 0.2) is 0 Å². The minimum atomic E-state index is -0.0255. The van der Waals surface area contributed by atoms with Crippen molar-refractivity contribution in [3.05, 3.63) is 46.7 Å². The molecule has 1 N–H and O–H groups in total. The van der Waals surface area contributed by atoms with E-state index in [0.717, 1.165) is 35.3 Å². The second-order valence-electron chi connectivity index (χ2n) is 5.13. The molecule has 1 aromatic rings. The van der Waals surface area contributed by atoms with E-state index in [0.29, 0.717) is 26.4 Å². The Morgan fingerprint density at radius 3 is 2.95 bits per heavy atom. The molecule has 4 heteroatoms. The van der Waals surface area contributed by atoms with E-state index < -0.39 is 0 Å². The second kappa shape index (κ2) is 7.84. The summed E-state index contributed by atoms with van der Waals surface area (Å²) in [6.07, 6.45) is 1.70. The van der Waals surface area contributed by atoms with Crippen LogP contribution in [0.15, 0.2) is 35.6 Å². The Morgan fingerprint density at radius 1 is 1.38 bits per heavy atom. The summed E-state index contributed by atoms with van der Waals surface area (Å²) in [5.74, 6) is 0.728. The van der Waals surface area contributed by atoms with Crippen LogP contribution in [0.5, 0.6) is 0 Å². The fourth-order valence-electron chi connectivity index (χ4n) is 2.35. The summed E-state index contributed by atoms with van der Waals surface area (Å²) >= 11 is 0. The number of amides is 1. The first-order chi connectivity index (χ1) is 10.2. The summed E-state index contributed by atoms with van der Waals surface area (Å²) < 4.78 is 10.8. The molecule has 1 amide bonds. The molecule has 0 unspecified atom stereocenters. The Morgan fingerprint density at radius 2 is 2.19 bits per heavy atom. The molecular weight excluding hydrogens is 266 g/mol. The molecule has 0 fully saturated rings. The Labute approximate surface area is 126 Å². The van der Waals surface area contributed by atoms with Crippen molar-refractivity contribution in [2.45, 2.75) is 39.8 Å². The number of nitrogens with one attached hydrogen (secondary N) is 1. The lowest BCUT2D eigenvalue weighted by Crippen LogP contribution is -2.27. The fourth-order valence-corrected chi connectivity index (χ4v) is 2.35. The molecule has 21 heavy (non-hydrogen) atoms. The molecular formula is C17H23NO3. The molecule has 0 saturated carbocycles. The van der Waals surface area contributed by atoms with Gasteiger partial charge in [0.05, 0.1) is 18.8 Å². The van der Waals surface area contributed by atoms with E-state index in [2.05, 4.69) is 11.4 Å². The number of hydrogen-bond donors (Lipinski definition) is 1. The van der Waals surface area contributed by atoms with Crippen molar-refractivity contribution in [3.8, 4) is 0 Å². The summed E-state index contributed by atoms with van der Waals surface area (Å²) in [6.45, 7) is 6.38. The molecule has 1 aliphatic rings. The van der Waals surface area contributed by atoms with Crippen molar-refractivity contribution in [2.75, 3.05) is 13.2 Å². The Balaban J connectivity index is 1.92. The molecule has 0 spiro atoms. The SMILES string of the molecule is CCOCc1cccc(CNC(=O)C2=C(C)OCCC2)c1. The largest absolute Gasteiger partial charge is 0.498 e. The predicted molar refractivity (Wildman–Crippen MR) is 81.5 cm³/mol. The first-order valence-corrected chi connectivity index (χ1v) is 7.47. The van der Waals surface area contributed by atoms with Crippen LogP contribution in [0.4, 0.5) is 0 Å². The van der Waals surface area contributed by atoms with Crippen molar-refractivity contribution < 1.29 is 14.3 Å². The Hall–Kier alpha value is -1.81. The van der Waals surface area contributed by atoms with E-state index in [1.54, 1.807) is 0 Å². The van der Waals surface area contributed by atoms with Crippen molar-refractivity contribution in [2.24, 2.45) is 0 Å². The first-order valence-electron chi connectivity index (χ1n) is 7.47. The first kappa shape index (κ1) is 15.6. The van der Waals surface area contributed by atoms with E-state index in [1.807, 2.05) is 32.0 Å². The van der Waals surface area contributed by atoms with Gasteiger partial charge < -0.3 is 14.8 Å². The highest BCUT2D eigenvalue weighted by Crippen LogP contribution is 2.18. The van der Waals surface area contributed by atoms with E-state index in [9.17, 15) is 4.79 Å². The lowest BCUT2D eigenvalue weighted by atomic mass is 10.1. The topological polar surface area (TPSA) is 47.6 Å². The van der Waals surface area contributed by atoms with E-state index >= 15 is 0 Å². The minimum absolute atomic E-state index is 0.0255. The number of benzene rings is 1. The van der Waals surface area contributed by atoms with Gasteiger partial charge in [-0.15, -0.1) is 0 Å². The van der Waals surface area contributed by atoms with Crippen LogP contribution in [-0.2, 0) is 27.4 Å². The average Bonchev–Trinajstić information content (AvgIpc) is 2.51. The van der Waals surface area contributed by atoms with Gasteiger partial charge in [0.25, 0.3) is 5.91 Å². The third-order valence-corrected chi connectivity index (χ3v) is 3.51. The van der Waals surface area contributed by atoms with Crippen LogP contribution in [0.2, 0.25) is 0 Å². The molecule has 0 aliphatic carbocycles. The average molecular weight is 289 g/mol. The van der Waals surface area contributed by atoms with E-state index in [4.69, 9.17) is 9.47 Å². The summed E-state index contributed by atoms with van der Waals surface area (Å²) in [6, 6.07) is 8.09. The smallest absolute Gasteiger partial charge is 0.250 e. The zero-order valence-corrected chi connectivity index (χ0v) is 12.8. The van der Waals surface area contributed by atoms with Gasteiger partial charge in [0.2, 0.25) is 0 Å². The molecule has 0 atom stereocenters.